The fraction of sp³-hybridized carbons (Fsp3) is 0.171. The standard InChI is InChI=1S/C35H29N/c1-34(2)29-11-7-5-9-26(29)27-18-17-24(19-31(27)34)22-13-15-23(16-14-22)25-20-32-33(36-21-25)28-10-6-8-12-30(28)35(32,3)4/h5-21H,1-4H3. The van der Waals surface area contributed by atoms with E-state index in [0.717, 1.165) is 5.69 Å². The van der Waals surface area contributed by atoms with E-state index in [9.17, 15) is 0 Å². The number of pyridine rings is 1. The van der Waals surface area contributed by atoms with Gasteiger partial charge in [-0.15, -0.1) is 0 Å². The Morgan fingerprint density at radius 1 is 0.444 bits per heavy atom. The minimum Gasteiger partial charge on any atom is -0.255 e. The first-order valence-corrected chi connectivity index (χ1v) is 12.8. The molecule has 5 aromatic rings. The first-order chi connectivity index (χ1) is 17.4. The van der Waals surface area contributed by atoms with Crippen molar-refractivity contribution in [1.82, 2.24) is 4.98 Å². The van der Waals surface area contributed by atoms with Gasteiger partial charge >= 0.3 is 0 Å². The van der Waals surface area contributed by atoms with Crippen LogP contribution in [0, 0.1) is 0 Å². The van der Waals surface area contributed by atoms with E-state index in [1.165, 1.54) is 61.2 Å². The average Bonchev–Trinajstić information content (AvgIpc) is 3.28. The SMILES string of the molecule is CC1(C)c2ccccc2-c2ccc(-c3ccc(-c4cnc5c(c4)C(C)(C)c4ccccc4-5)cc3)cc21. The molecule has 0 saturated heterocycles. The van der Waals surface area contributed by atoms with Crippen molar-refractivity contribution in [2.75, 3.05) is 0 Å². The van der Waals surface area contributed by atoms with Gasteiger partial charge in [0, 0.05) is 28.2 Å². The molecular weight excluding hydrogens is 434 g/mol. The highest BCUT2D eigenvalue weighted by atomic mass is 14.7. The van der Waals surface area contributed by atoms with E-state index in [1.54, 1.807) is 0 Å². The molecule has 0 aliphatic heterocycles. The molecule has 0 spiro atoms. The summed E-state index contributed by atoms with van der Waals surface area (Å²) in [5.41, 5.74) is 15.5. The van der Waals surface area contributed by atoms with Crippen molar-refractivity contribution in [3.63, 3.8) is 0 Å². The number of hydrogen-bond donors (Lipinski definition) is 0. The maximum Gasteiger partial charge on any atom is 0.0746 e. The molecule has 0 N–H and O–H groups in total. The Labute approximate surface area is 213 Å². The minimum absolute atomic E-state index is 0.0162. The van der Waals surface area contributed by atoms with Crippen LogP contribution in [0.3, 0.4) is 0 Å². The van der Waals surface area contributed by atoms with Crippen molar-refractivity contribution < 1.29 is 0 Å². The molecule has 174 valence electrons. The lowest BCUT2D eigenvalue weighted by molar-refractivity contribution is 0.659. The lowest BCUT2D eigenvalue weighted by Gasteiger charge is -2.22. The molecule has 0 bridgehead atoms. The van der Waals surface area contributed by atoms with Crippen LogP contribution in [-0.2, 0) is 10.8 Å². The normalized spacial score (nSPS) is 15.7. The van der Waals surface area contributed by atoms with Crippen LogP contribution < -0.4 is 0 Å². The van der Waals surface area contributed by atoms with E-state index in [0.29, 0.717) is 0 Å². The lowest BCUT2D eigenvalue weighted by Crippen LogP contribution is -2.15. The molecule has 36 heavy (non-hydrogen) atoms. The zero-order chi connectivity index (χ0) is 24.7. The summed E-state index contributed by atoms with van der Waals surface area (Å²) in [6.07, 6.45) is 2.03. The summed E-state index contributed by atoms with van der Waals surface area (Å²) >= 11 is 0. The van der Waals surface area contributed by atoms with E-state index < -0.39 is 0 Å². The Morgan fingerprint density at radius 3 is 1.67 bits per heavy atom. The summed E-state index contributed by atoms with van der Waals surface area (Å²) in [6.45, 7) is 9.29. The van der Waals surface area contributed by atoms with Gasteiger partial charge < -0.3 is 0 Å². The van der Waals surface area contributed by atoms with Gasteiger partial charge in [0.25, 0.3) is 0 Å². The van der Waals surface area contributed by atoms with Crippen molar-refractivity contribution in [3.05, 3.63) is 126 Å². The van der Waals surface area contributed by atoms with Crippen LogP contribution in [-0.4, -0.2) is 4.98 Å². The molecule has 1 heterocycles. The zero-order valence-electron chi connectivity index (χ0n) is 21.3. The summed E-state index contributed by atoms with van der Waals surface area (Å²) in [5.74, 6) is 0. The molecule has 7 rings (SSSR count). The van der Waals surface area contributed by atoms with Gasteiger partial charge in [-0.2, -0.15) is 0 Å². The molecule has 0 radical (unpaired) electrons. The summed E-state index contributed by atoms with van der Waals surface area (Å²) < 4.78 is 0. The van der Waals surface area contributed by atoms with Crippen molar-refractivity contribution in [3.8, 4) is 44.6 Å². The van der Waals surface area contributed by atoms with Crippen LogP contribution in [0.25, 0.3) is 44.6 Å². The second-order valence-corrected chi connectivity index (χ2v) is 11.3. The summed E-state index contributed by atoms with van der Waals surface area (Å²) in [7, 11) is 0. The van der Waals surface area contributed by atoms with Gasteiger partial charge in [0.15, 0.2) is 0 Å². The zero-order valence-corrected chi connectivity index (χ0v) is 21.3. The number of benzene rings is 4. The van der Waals surface area contributed by atoms with Crippen LogP contribution in [0.5, 0.6) is 0 Å². The maximum atomic E-state index is 4.93. The number of rotatable bonds is 2. The van der Waals surface area contributed by atoms with E-state index in [1.807, 2.05) is 6.20 Å². The second-order valence-electron chi connectivity index (χ2n) is 11.3. The maximum absolute atomic E-state index is 4.93. The van der Waals surface area contributed by atoms with E-state index >= 15 is 0 Å². The van der Waals surface area contributed by atoms with Gasteiger partial charge in [-0.25, -0.2) is 0 Å². The van der Waals surface area contributed by atoms with Crippen molar-refractivity contribution >= 4 is 0 Å². The van der Waals surface area contributed by atoms with Gasteiger partial charge in [-0.05, 0) is 62.2 Å². The van der Waals surface area contributed by atoms with Gasteiger partial charge in [0.1, 0.15) is 0 Å². The second kappa shape index (κ2) is 7.27. The smallest absolute Gasteiger partial charge is 0.0746 e. The minimum atomic E-state index is -0.0380. The van der Waals surface area contributed by atoms with Crippen LogP contribution >= 0.6 is 0 Å². The predicted molar refractivity (Wildman–Crippen MR) is 150 cm³/mol. The first kappa shape index (κ1) is 21.3. The number of fused-ring (bicyclic) bond motifs is 6. The quantitative estimate of drug-likeness (QED) is 0.254. The molecule has 0 amide bonds. The Hall–Kier alpha value is -3.97. The molecular formula is C35H29N. The monoisotopic (exact) mass is 463 g/mol. The molecule has 0 atom stereocenters. The van der Waals surface area contributed by atoms with Crippen LogP contribution in [0.1, 0.15) is 49.9 Å². The van der Waals surface area contributed by atoms with E-state index in [-0.39, 0.29) is 10.8 Å². The fourth-order valence-electron chi connectivity index (χ4n) is 6.43. The Kier molecular flexibility index (Phi) is 4.31. The van der Waals surface area contributed by atoms with Crippen LogP contribution in [0.2, 0.25) is 0 Å². The number of nitrogens with zero attached hydrogens (tertiary/aromatic N) is 1. The number of aromatic nitrogens is 1. The highest BCUT2D eigenvalue weighted by Gasteiger charge is 2.37. The highest BCUT2D eigenvalue weighted by molar-refractivity contribution is 5.84. The Morgan fingerprint density at radius 2 is 0.944 bits per heavy atom. The van der Waals surface area contributed by atoms with Gasteiger partial charge in [-0.3, -0.25) is 4.98 Å². The molecule has 1 nitrogen and oxygen atoms in total. The van der Waals surface area contributed by atoms with E-state index in [2.05, 4.69) is 125 Å². The van der Waals surface area contributed by atoms with Crippen molar-refractivity contribution in [1.29, 1.82) is 0 Å². The molecule has 0 unspecified atom stereocenters. The van der Waals surface area contributed by atoms with Gasteiger partial charge in [0.2, 0.25) is 0 Å². The summed E-state index contributed by atoms with van der Waals surface area (Å²) in [6, 6.07) is 35.8. The third kappa shape index (κ3) is 2.86. The molecule has 1 aromatic heterocycles. The predicted octanol–water partition coefficient (Wildman–Crippen LogP) is 9.03. The lowest BCUT2D eigenvalue weighted by atomic mass is 9.81. The van der Waals surface area contributed by atoms with Crippen LogP contribution in [0.15, 0.2) is 103 Å². The summed E-state index contributed by atoms with van der Waals surface area (Å²) in [4.78, 5) is 4.93. The first-order valence-electron chi connectivity index (χ1n) is 12.8. The topological polar surface area (TPSA) is 12.9 Å². The largest absolute Gasteiger partial charge is 0.255 e. The molecule has 1 heteroatoms. The Bertz CT molecular complexity index is 1540. The Balaban J connectivity index is 1.24. The summed E-state index contributed by atoms with van der Waals surface area (Å²) in [5, 5.41) is 0. The van der Waals surface area contributed by atoms with E-state index in [4.69, 9.17) is 4.98 Å². The van der Waals surface area contributed by atoms with Crippen molar-refractivity contribution in [2.24, 2.45) is 0 Å². The third-order valence-electron chi connectivity index (χ3n) is 8.55. The van der Waals surface area contributed by atoms with Gasteiger partial charge in [0.05, 0.1) is 5.69 Å². The molecule has 2 aliphatic rings. The van der Waals surface area contributed by atoms with Crippen molar-refractivity contribution in [2.45, 2.75) is 38.5 Å². The third-order valence-corrected chi connectivity index (χ3v) is 8.55. The van der Waals surface area contributed by atoms with Gasteiger partial charge in [-0.1, -0.05) is 113 Å². The molecule has 0 saturated carbocycles. The highest BCUT2D eigenvalue weighted by Crippen LogP contribution is 2.50. The molecule has 4 aromatic carbocycles. The average molecular weight is 464 g/mol. The number of hydrogen-bond acceptors (Lipinski definition) is 1. The molecule has 0 fully saturated rings. The van der Waals surface area contributed by atoms with Crippen LogP contribution in [0.4, 0.5) is 0 Å². The fourth-order valence-corrected chi connectivity index (χ4v) is 6.43. The molecule has 2 aliphatic carbocycles.